The standard InChI is InChI=1S/C14H16F3NO2S/c1-9-7-12(21-11(9)5-3-4-6-19)13(20)18-10(2)8-14(15,16)17/h7,10,19H,4,6,8H2,1-2H3,(H,18,20). The van der Waals surface area contributed by atoms with E-state index in [2.05, 4.69) is 17.2 Å². The molecule has 7 heteroatoms. The Hall–Kier alpha value is -1.52. The summed E-state index contributed by atoms with van der Waals surface area (Å²) in [5.74, 6) is 5.04. The molecule has 1 amide bonds. The summed E-state index contributed by atoms with van der Waals surface area (Å²) in [5.41, 5.74) is 0.791. The molecule has 0 radical (unpaired) electrons. The van der Waals surface area contributed by atoms with Gasteiger partial charge in [0.2, 0.25) is 0 Å². The molecule has 0 saturated heterocycles. The number of amides is 1. The quantitative estimate of drug-likeness (QED) is 0.839. The molecule has 1 rings (SSSR count). The number of aliphatic hydroxyl groups excluding tert-OH is 1. The maximum Gasteiger partial charge on any atom is 0.391 e. The number of aryl methyl sites for hydroxylation is 1. The third-order valence-corrected chi connectivity index (χ3v) is 3.65. The minimum absolute atomic E-state index is 0.0419. The summed E-state index contributed by atoms with van der Waals surface area (Å²) in [4.78, 5) is 12.9. The van der Waals surface area contributed by atoms with Crippen molar-refractivity contribution in [1.29, 1.82) is 0 Å². The first-order chi connectivity index (χ1) is 9.73. The van der Waals surface area contributed by atoms with Crippen molar-refractivity contribution in [2.45, 2.75) is 38.9 Å². The number of halogens is 3. The molecule has 1 aromatic rings. The minimum Gasteiger partial charge on any atom is -0.395 e. The summed E-state index contributed by atoms with van der Waals surface area (Å²) >= 11 is 1.13. The smallest absolute Gasteiger partial charge is 0.391 e. The number of alkyl halides is 3. The van der Waals surface area contributed by atoms with E-state index in [1.54, 1.807) is 13.0 Å². The number of hydrogen-bond donors (Lipinski definition) is 2. The number of aliphatic hydroxyl groups is 1. The van der Waals surface area contributed by atoms with Gasteiger partial charge in [0.1, 0.15) is 0 Å². The van der Waals surface area contributed by atoms with E-state index in [9.17, 15) is 18.0 Å². The summed E-state index contributed by atoms with van der Waals surface area (Å²) in [6, 6.07) is 0.618. The van der Waals surface area contributed by atoms with E-state index in [0.29, 0.717) is 16.2 Å². The Labute approximate surface area is 125 Å². The van der Waals surface area contributed by atoms with Gasteiger partial charge >= 0.3 is 6.18 Å². The van der Waals surface area contributed by atoms with Crippen molar-refractivity contribution in [3.05, 3.63) is 21.4 Å². The van der Waals surface area contributed by atoms with E-state index >= 15 is 0 Å². The van der Waals surface area contributed by atoms with Crippen molar-refractivity contribution in [1.82, 2.24) is 5.32 Å². The highest BCUT2D eigenvalue weighted by molar-refractivity contribution is 7.14. The maximum absolute atomic E-state index is 12.2. The van der Waals surface area contributed by atoms with E-state index in [4.69, 9.17) is 5.11 Å². The molecule has 0 aromatic carbocycles. The van der Waals surface area contributed by atoms with Gasteiger partial charge in [-0.1, -0.05) is 11.8 Å². The van der Waals surface area contributed by atoms with Crippen LogP contribution in [0.15, 0.2) is 6.07 Å². The lowest BCUT2D eigenvalue weighted by Crippen LogP contribution is -2.35. The largest absolute Gasteiger partial charge is 0.395 e. The predicted octanol–water partition coefficient (Wildman–Crippen LogP) is 2.86. The van der Waals surface area contributed by atoms with Crippen molar-refractivity contribution in [3.63, 3.8) is 0 Å². The number of hydrogen-bond acceptors (Lipinski definition) is 3. The summed E-state index contributed by atoms with van der Waals surface area (Å²) < 4.78 is 36.6. The van der Waals surface area contributed by atoms with Crippen LogP contribution >= 0.6 is 11.3 Å². The number of carbonyl (C=O) groups is 1. The number of thiophene rings is 1. The van der Waals surface area contributed by atoms with Crippen LogP contribution < -0.4 is 5.32 Å². The second kappa shape index (κ2) is 7.48. The minimum atomic E-state index is -4.31. The van der Waals surface area contributed by atoms with Crippen LogP contribution in [0.5, 0.6) is 0 Å². The third kappa shape index (κ3) is 6.19. The molecule has 1 aromatic heterocycles. The van der Waals surface area contributed by atoms with Crippen molar-refractivity contribution in [2.75, 3.05) is 6.61 Å². The first-order valence-electron chi connectivity index (χ1n) is 6.30. The van der Waals surface area contributed by atoms with Crippen LogP contribution in [0.25, 0.3) is 0 Å². The van der Waals surface area contributed by atoms with Crippen molar-refractivity contribution in [3.8, 4) is 11.8 Å². The monoisotopic (exact) mass is 319 g/mol. The van der Waals surface area contributed by atoms with Crippen LogP contribution in [0.1, 0.15) is 39.9 Å². The van der Waals surface area contributed by atoms with Gasteiger partial charge in [0.05, 0.1) is 22.8 Å². The van der Waals surface area contributed by atoms with Gasteiger partial charge in [-0.3, -0.25) is 4.79 Å². The van der Waals surface area contributed by atoms with Gasteiger partial charge in [0.25, 0.3) is 5.91 Å². The van der Waals surface area contributed by atoms with E-state index in [1.807, 2.05) is 0 Å². The topological polar surface area (TPSA) is 49.3 Å². The molecule has 0 saturated carbocycles. The normalized spacial score (nSPS) is 12.5. The maximum atomic E-state index is 12.2. The highest BCUT2D eigenvalue weighted by atomic mass is 32.1. The van der Waals surface area contributed by atoms with Gasteiger partial charge in [-0.05, 0) is 25.5 Å². The lowest BCUT2D eigenvalue weighted by atomic mass is 10.2. The Morgan fingerprint density at radius 3 is 2.76 bits per heavy atom. The summed E-state index contributed by atoms with van der Waals surface area (Å²) in [6.07, 6.45) is -5.03. The Balaban J connectivity index is 2.72. The van der Waals surface area contributed by atoms with E-state index in [-0.39, 0.29) is 6.61 Å². The second-order valence-electron chi connectivity index (χ2n) is 4.59. The summed E-state index contributed by atoms with van der Waals surface area (Å²) in [7, 11) is 0. The van der Waals surface area contributed by atoms with Gasteiger partial charge in [0.15, 0.2) is 0 Å². The van der Waals surface area contributed by atoms with E-state index in [0.717, 1.165) is 16.9 Å². The molecule has 0 aliphatic carbocycles. The molecule has 21 heavy (non-hydrogen) atoms. The average molecular weight is 319 g/mol. The van der Waals surface area contributed by atoms with E-state index in [1.165, 1.54) is 6.92 Å². The van der Waals surface area contributed by atoms with Crippen LogP contribution in [-0.2, 0) is 0 Å². The fourth-order valence-electron chi connectivity index (χ4n) is 1.61. The second-order valence-corrected chi connectivity index (χ2v) is 5.64. The van der Waals surface area contributed by atoms with Gasteiger partial charge in [-0.15, -0.1) is 11.3 Å². The molecule has 3 nitrogen and oxygen atoms in total. The number of carbonyl (C=O) groups excluding carboxylic acids is 1. The predicted molar refractivity (Wildman–Crippen MR) is 75.2 cm³/mol. The first kappa shape index (κ1) is 17.5. The fourth-order valence-corrected chi connectivity index (χ4v) is 2.56. The number of nitrogens with one attached hydrogen (secondary N) is 1. The highest BCUT2D eigenvalue weighted by Gasteiger charge is 2.30. The zero-order chi connectivity index (χ0) is 16.0. The van der Waals surface area contributed by atoms with Crippen molar-refractivity contribution < 1.29 is 23.1 Å². The zero-order valence-electron chi connectivity index (χ0n) is 11.7. The Kier molecular flexibility index (Phi) is 6.24. The molecule has 0 fully saturated rings. The summed E-state index contributed by atoms with van der Waals surface area (Å²) in [6.45, 7) is 3.04. The molecule has 0 spiro atoms. The molecule has 116 valence electrons. The van der Waals surface area contributed by atoms with Crippen LogP contribution in [0.3, 0.4) is 0 Å². The van der Waals surface area contributed by atoms with Crippen LogP contribution in [0, 0.1) is 18.8 Å². The van der Waals surface area contributed by atoms with Crippen LogP contribution in [0.2, 0.25) is 0 Å². The van der Waals surface area contributed by atoms with E-state index < -0.39 is 24.5 Å². The fraction of sp³-hybridized carbons (Fsp3) is 0.500. The van der Waals surface area contributed by atoms with Crippen LogP contribution in [0.4, 0.5) is 13.2 Å². The molecule has 0 aliphatic rings. The Morgan fingerprint density at radius 2 is 2.19 bits per heavy atom. The number of rotatable bonds is 4. The van der Waals surface area contributed by atoms with Gasteiger partial charge in [0, 0.05) is 12.5 Å². The molecule has 1 atom stereocenters. The lowest BCUT2D eigenvalue weighted by Gasteiger charge is -2.15. The SMILES string of the molecule is Cc1cc(C(=O)NC(C)CC(F)(F)F)sc1C#CCCO. The van der Waals surface area contributed by atoms with Gasteiger partial charge in [-0.2, -0.15) is 13.2 Å². The summed E-state index contributed by atoms with van der Waals surface area (Å²) in [5, 5.41) is 11.0. The average Bonchev–Trinajstić information content (AvgIpc) is 2.69. The van der Waals surface area contributed by atoms with Crippen molar-refractivity contribution in [2.24, 2.45) is 0 Å². The highest BCUT2D eigenvalue weighted by Crippen LogP contribution is 2.23. The molecule has 0 bridgehead atoms. The molecule has 1 heterocycles. The van der Waals surface area contributed by atoms with Crippen molar-refractivity contribution >= 4 is 17.2 Å². The van der Waals surface area contributed by atoms with Gasteiger partial charge < -0.3 is 10.4 Å². The molecule has 2 N–H and O–H groups in total. The third-order valence-electron chi connectivity index (χ3n) is 2.50. The van der Waals surface area contributed by atoms with Gasteiger partial charge in [-0.25, -0.2) is 0 Å². The van der Waals surface area contributed by atoms with Crippen LogP contribution in [-0.4, -0.2) is 29.8 Å². The Bertz CT molecular complexity index is 555. The Morgan fingerprint density at radius 1 is 1.52 bits per heavy atom. The molecular formula is C14H16F3NO2S. The molecule has 1 unspecified atom stereocenters. The zero-order valence-corrected chi connectivity index (χ0v) is 12.5. The lowest BCUT2D eigenvalue weighted by molar-refractivity contribution is -0.138. The molecular weight excluding hydrogens is 303 g/mol. The molecule has 0 aliphatic heterocycles. The first-order valence-corrected chi connectivity index (χ1v) is 7.12.